The SMILES string of the molecule is Cc1nc(NCC2(CCN)CC2)sc1C. The zero-order chi connectivity index (χ0) is 10.9. The van der Waals surface area contributed by atoms with E-state index in [0.29, 0.717) is 5.41 Å². The molecular formula is C11H19N3S. The lowest BCUT2D eigenvalue weighted by Crippen LogP contribution is -2.19. The molecule has 84 valence electrons. The molecular weight excluding hydrogens is 206 g/mol. The summed E-state index contributed by atoms with van der Waals surface area (Å²) in [5, 5.41) is 4.51. The van der Waals surface area contributed by atoms with Gasteiger partial charge in [-0.05, 0) is 45.1 Å². The van der Waals surface area contributed by atoms with Crippen LogP contribution in [0.25, 0.3) is 0 Å². The lowest BCUT2D eigenvalue weighted by Gasteiger charge is -2.13. The summed E-state index contributed by atoms with van der Waals surface area (Å²) in [5.74, 6) is 0. The van der Waals surface area contributed by atoms with Crippen molar-refractivity contribution in [2.75, 3.05) is 18.4 Å². The molecule has 1 aliphatic carbocycles. The van der Waals surface area contributed by atoms with E-state index in [4.69, 9.17) is 5.73 Å². The number of anilines is 1. The molecule has 0 bridgehead atoms. The van der Waals surface area contributed by atoms with Gasteiger partial charge in [-0.3, -0.25) is 0 Å². The first-order valence-electron chi connectivity index (χ1n) is 5.53. The summed E-state index contributed by atoms with van der Waals surface area (Å²) < 4.78 is 0. The number of thiazole rings is 1. The highest BCUT2D eigenvalue weighted by Gasteiger charge is 2.41. The Morgan fingerprint density at radius 1 is 1.47 bits per heavy atom. The Morgan fingerprint density at radius 2 is 2.20 bits per heavy atom. The number of aromatic nitrogens is 1. The molecule has 3 nitrogen and oxygen atoms in total. The number of rotatable bonds is 5. The van der Waals surface area contributed by atoms with Crippen molar-refractivity contribution in [1.29, 1.82) is 0 Å². The van der Waals surface area contributed by atoms with Crippen LogP contribution in [0.5, 0.6) is 0 Å². The first kappa shape index (κ1) is 10.9. The van der Waals surface area contributed by atoms with Crippen LogP contribution in [0, 0.1) is 19.3 Å². The van der Waals surface area contributed by atoms with E-state index >= 15 is 0 Å². The van der Waals surface area contributed by atoms with E-state index in [0.717, 1.165) is 30.3 Å². The standard InChI is InChI=1S/C11H19N3S/c1-8-9(2)15-10(14-8)13-7-11(3-4-11)5-6-12/h3-7,12H2,1-2H3,(H,13,14). The highest BCUT2D eigenvalue weighted by atomic mass is 32.1. The third-order valence-electron chi connectivity index (χ3n) is 3.27. The van der Waals surface area contributed by atoms with E-state index < -0.39 is 0 Å². The second kappa shape index (κ2) is 4.10. The van der Waals surface area contributed by atoms with Crippen LogP contribution in [0.3, 0.4) is 0 Å². The lowest BCUT2D eigenvalue weighted by molar-refractivity contribution is 0.501. The molecule has 0 aliphatic heterocycles. The maximum Gasteiger partial charge on any atom is 0.183 e. The van der Waals surface area contributed by atoms with Gasteiger partial charge < -0.3 is 11.1 Å². The number of nitrogens with zero attached hydrogens (tertiary/aromatic N) is 1. The van der Waals surface area contributed by atoms with Crippen LogP contribution in [-0.4, -0.2) is 18.1 Å². The van der Waals surface area contributed by atoms with Crippen LogP contribution in [0.1, 0.15) is 29.8 Å². The van der Waals surface area contributed by atoms with Crippen LogP contribution in [0.15, 0.2) is 0 Å². The van der Waals surface area contributed by atoms with Gasteiger partial charge >= 0.3 is 0 Å². The summed E-state index contributed by atoms with van der Waals surface area (Å²) in [6.07, 6.45) is 3.78. The van der Waals surface area contributed by atoms with E-state index in [-0.39, 0.29) is 0 Å². The van der Waals surface area contributed by atoms with Gasteiger partial charge in [0.05, 0.1) is 5.69 Å². The topological polar surface area (TPSA) is 50.9 Å². The average molecular weight is 225 g/mol. The van der Waals surface area contributed by atoms with Gasteiger partial charge in [-0.25, -0.2) is 4.98 Å². The van der Waals surface area contributed by atoms with Gasteiger partial charge in [-0.2, -0.15) is 0 Å². The fourth-order valence-corrected chi connectivity index (χ4v) is 2.62. The predicted molar refractivity (Wildman–Crippen MR) is 65.4 cm³/mol. The van der Waals surface area contributed by atoms with Gasteiger partial charge in [0, 0.05) is 11.4 Å². The Morgan fingerprint density at radius 3 is 2.67 bits per heavy atom. The van der Waals surface area contributed by atoms with Crippen molar-refractivity contribution < 1.29 is 0 Å². The largest absolute Gasteiger partial charge is 0.361 e. The molecule has 0 atom stereocenters. The third kappa shape index (κ3) is 2.49. The molecule has 1 aliphatic rings. The van der Waals surface area contributed by atoms with Crippen molar-refractivity contribution in [3.63, 3.8) is 0 Å². The zero-order valence-corrected chi connectivity index (χ0v) is 10.3. The van der Waals surface area contributed by atoms with Crippen LogP contribution < -0.4 is 11.1 Å². The molecule has 0 saturated heterocycles. The number of nitrogens with one attached hydrogen (secondary N) is 1. The van der Waals surface area contributed by atoms with Crippen molar-refractivity contribution in [1.82, 2.24) is 4.98 Å². The van der Waals surface area contributed by atoms with Gasteiger partial charge in [0.15, 0.2) is 5.13 Å². The van der Waals surface area contributed by atoms with Gasteiger partial charge in [0.2, 0.25) is 0 Å². The summed E-state index contributed by atoms with van der Waals surface area (Å²) in [7, 11) is 0. The highest BCUT2D eigenvalue weighted by molar-refractivity contribution is 7.15. The van der Waals surface area contributed by atoms with Crippen molar-refractivity contribution in [3.8, 4) is 0 Å². The molecule has 0 unspecified atom stereocenters. The number of hydrogen-bond donors (Lipinski definition) is 2. The van der Waals surface area contributed by atoms with Gasteiger partial charge in [-0.15, -0.1) is 11.3 Å². The Kier molecular flexibility index (Phi) is 2.98. The van der Waals surface area contributed by atoms with E-state index in [1.54, 1.807) is 11.3 Å². The van der Waals surface area contributed by atoms with Crippen molar-refractivity contribution in [2.45, 2.75) is 33.1 Å². The molecule has 15 heavy (non-hydrogen) atoms. The Labute approximate surface area is 95.1 Å². The Bertz CT molecular complexity index is 322. The molecule has 1 aromatic rings. The molecule has 1 fully saturated rings. The second-order valence-corrected chi connectivity index (χ2v) is 5.76. The van der Waals surface area contributed by atoms with Crippen molar-refractivity contribution in [3.05, 3.63) is 10.6 Å². The maximum atomic E-state index is 5.61. The lowest BCUT2D eigenvalue weighted by atomic mass is 10.0. The molecule has 3 N–H and O–H groups in total. The number of nitrogens with two attached hydrogens (primary N) is 1. The number of aryl methyl sites for hydroxylation is 2. The quantitative estimate of drug-likeness (QED) is 0.808. The summed E-state index contributed by atoms with van der Waals surface area (Å²) in [6.45, 7) is 6.02. The monoisotopic (exact) mass is 225 g/mol. The first-order valence-corrected chi connectivity index (χ1v) is 6.35. The average Bonchev–Trinajstić information content (AvgIpc) is 2.88. The fourth-order valence-electron chi connectivity index (χ4n) is 1.81. The normalized spacial score (nSPS) is 17.8. The van der Waals surface area contributed by atoms with E-state index in [2.05, 4.69) is 24.1 Å². The van der Waals surface area contributed by atoms with E-state index in [1.165, 1.54) is 17.7 Å². The molecule has 1 aromatic heterocycles. The fraction of sp³-hybridized carbons (Fsp3) is 0.727. The third-order valence-corrected chi connectivity index (χ3v) is 4.31. The molecule has 4 heteroatoms. The summed E-state index contributed by atoms with van der Waals surface area (Å²) >= 11 is 1.75. The predicted octanol–water partition coefficient (Wildman–Crippen LogP) is 2.30. The first-order chi connectivity index (χ1) is 7.15. The van der Waals surface area contributed by atoms with E-state index in [9.17, 15) is 0 Å². The molecule has 0 radical (unpaired) electrons. The zero-order valence-electron chi connectivity index (χ0n) is 9.47. The minimum absolute atomic E-state index is 0.488. The molecule has 2 rings (SSSR count). The van der Waals surface area contributed by atoms with Crippen LogP contribution in [0.2, 0.25) is 0 Å². The van der Waals surface area contributed by atoms with Gasteiger partial charge in [0.1, 0.15) is 0 Å². The Balaban J connectivity index is 1.88. The number of hydrogen-bond acceptors (Lipinski definition) is 4. The molecule has 1 saturated carbocycles. The minimum Gasteiger partial charge on any atom is -0.361 e. The summed E-state index contributed by atoms with van der Waals surface area (Å²) in [5.41, 5.74) is 7.24. The highest BCUT2D eigenvalue weighted by Crippen LogP contribution is 2.48. The molecule has 0 aromatic carbocycles. The smallest absolute Gasteiger partial charge is 0.183 e. The molecule has 0 spiro atoms. The van der Waals surface area contributed by atoms with Crippen LogP contribution in [-0.2, 0) is 0 Å². The maximum absolute atomic E-state index is 5.61. The summed E-state index contributed by atoms with van der Waals surface area (Å²) in [4.78, 5) is 5.78. The molecule has 1 heterocycles. The van der Waals surface area contributed by atoms with E-state index in [1.807, 2.05) is 0 Å². The van der Waals surface area contributed by atoms with Crippen molar-refractivity contribution >= 4 is 16.5 Å². The van der Waals surface area contributed by atoms with Crippen LogP contribution >= 0.6 is 11.3 Å². The Hall–Kier alpha value is -0.610. The van der Waals surface area contributed by atoms with Gasteiger partial charge in [0.25, 0.3) is 0 Å². The summed E-state index contributed by atoms with van der Waals surface area (Å²) in [6, 6.07) is 0. The minimum atomic E-state index is 0.488. The molecule has 0 amide bonds. The van der Waals surface area contributed by atoms with Crippen LogP contribution in [0.4, 0.5) is 5.13 Å². The van der Waals surface area contributed by atoms with Gasteiger partial charge in [-0.1, -0.05) is 0 Å². The second-order valence-electron chi connectivity index (χ2n) is 4.55. The van der Waals surface area contributed by atoms with Crippen molar-refractivity contribution in [2.24, 2.45) is 11.1 Å².